The van der Waals surface area contributed by atoms with Gasteiger partial charge < -0.3 is 30.3 Å². The number of carboxylic acid groups (broad SMARTS) is 1. The molecule has 2 unspecified atom stereocenters. The van der Waals surface area contributed by atoms with Crippen molar-refractivity contribution >= 4 is 28.5 Å². The van der Waals surface area contributed by atoms with Gasteiger partial charge in [-0.05, 0) is 18.9 Å². The molecule has 2 fully saturated rings. The highest BCUT2D eigenvalue weighted by Gasteiger charge is 2.40. The van der Waals surface area contributed by atoms with E-state index in [0.717, 1.165) is 18.9 Å². The van der Waals surface area contributed by atoms with Gasteiger partial charge in [-0.15, -0.1) is 0 Å². The zero-order valence-electron chi connectivity index (χ0n) is 15.6. The van der Waals surface area contributed by atoms with E-state index in [1.807, 2.05) is 0 Å². The molecule has 10 nitrogen and oxygen atoms in total. The molecule has 11 heteroatoms. The van der Waals surface area contributed by atoms with E-state index in [-0.39, 0.29) is 36.0 Å². The minimum Gasteiger partial charge on any atom is -0.477 e. The number of pyridine rings is 2. The lowest BCUT2D eigenvalue weighted by Gasteiger charge is -2.24. The van der Waals surface area contributed by atoms with Crippen molar-refractivity contribution in [2.75, 3.05) is 25.1 Å². The summed E-state index contributed by atoms with van der Waals surface area (Å²) in [4.78, 5) is 34.4. The number of oxime groups is 1. The van der Waals surface area contributed by atoms with Crippen LogP contribution in [0.25, 0.3) is 11.0 Å². The second-order valence-corrected chi connectivity index (χ2v) is 7.13. The predicted molar refractivity (Wildman–Crippen MR) is 102 cm³/mol. The molecule has 3 heterocycles. The van der Waals surface area contributed by atoms with E-state index in [9.17, 15) is 24.2 Å². The van der Waals surface area contributed by atoms with Crippen molar-refractivity contribution in [2.45, 2.75) is 25.1 Å². The van der Waals surface area contributed by atoms with Crippen LogP contribution in [0.5, 0.6) is 0 Å². The van der Waals surface area contributed by atoms with Crippen molar-refractivity contribution in [2.24, 2.45) is 16.8 Å². The Morgan fingerprint density at radius 3 is 2.79 bits per heavy atom. The van der Waals surface area contributed by atoms with Crippen molar-refractivity contribution in [3.8, 4) is 0 Å². The van der Waals surface area contributed by atoms with Crippen molar-refractivity contribution in [3.05, 3.63) is 33.9 Å². The third-order valence-corrected chi connectivity index (χ3v) is 5.28. The zero-order valence-corrected chi connectivity index (χ0v) is 15.6. The van der Waals surface area contributed by atoms with Crippen molar-refractivity contribution in [1.29, 1.82) is 0 Å². The number of rotatable bonds is 5. The summed E-state index contributed by atoms with van der Waals surface area (Å²) in [5, 5.41) is 23.7. The first kappa shape index (κ1) is 19.3. The summed E-state index contributed by atoms with van der Waals surface area (Å²) in [6.07, 6.45) is 1.68. The molecule has 2 aliphatic rings. The Morgan fingerprint density at radius 1 is 1.48 bits per heavy atom. The SMILES string of the molecule is CO/N=C1\CN(c2nc3c(cc2F)c(=O)c(C(=O)O)cn3C2CC2)C(O)C1CN. The molecule has 2 aromatic rings. The molecular weight excluding hydrogens is 385 g/mol. The molecule has 154 valence electrons. The molecule has 1 aliphatic heterocycles. The maximum Gasteiger partial charge on any atom is 0.341 e. The lowest BCUT2D eigenvalue weighted by Crippen LogP contribution is -2.36. The average molecular weight is 405 g/mol. The van der Waals surface area contributed by atoms with Gasteiger partial charge in [0.05, 0.1) is 23.6 Å². The van der Waals surface area contributed by atoms with E-state index in [2.05, 4.69) is 10.1 Å². The van der Waals surface area contributed by atoms with Gasteiger partial charge in [0.2, 0.25) is 5.43 Å². The van der Waals surface area contributed by atoms with Gasteiger partial charge in [-0.25, -0.2) is 14.2 Å². The van der Waals surface area contributed by atoms with Crippen molar-refractivity contribution < 1.29 is 24.2 Å². The quantitative estimate of drug-likeness (QED) is 0.602. The molecule has 0 radical (unpaired) electrons. The van der Waals surface area contributed by atoms with E-state index >= 15 is 0 Å². The first-order chi connectivity index (χ1) is 13.9. The maximum absolute atomic E-state index is 14.9. The molecule has 4 rings (SSSR count). The number of carboxylic acids is 1. The van der Waals surface area contributed by atoms with Crippen LogP contribution in [0, 0.1) is 11.7 Å². The summed E-state index contributed by atoms with van der Waals surface area (Å²) < 4.78 is 16.5. The van der Waals surface area contributed by atoms with Crippen LogP contribution in [0.3, 0.4) is 0 Å². The highest BCUT2D eigenvalue weighted by atomic mass is 19.1. The fraction of sp³-hybridized carbons (Fsp3) is 0.444. The molecule has 1 saturated carbocycles. The summed E-state index contributed by atoms with van der Waals surface area (Å²) >= 11 is 0. The zero-order chi connectivity index (χ0) is 20.9. The number of anilines is 1. The van der Waals surface area contributed by atoms with Crippen LogP contribution < -0.4 is 16.1 Å². The average Bonchev–Trinajstić information content (AvgIpc) is 3.47. The van der Waals surface area contributed by atoms with Crippen molar-refractivity contribution in [1.82, 2.24) is 9.55 Å². The second kappa shape index (κ2) is 7.08. The third-order valence-electron chi connectivity index (χ3n) is 5.28. The number of carbonyl (C=O) groups is 1. The van der Waals surface area contributed by atoms with E-state index in [1.54, 1.807) is 4.57 Å². The number of hydrogen-bond acceptors (Lipinski definition) is 8. The number of aromatic carboxylic acids is 1. The van der Waals surface area contributed by atoms with Gasteiger partial charge in [-0.2, -0.15) is 0 Å². The summed E-state index contributed by atoms with van der Waals surface area (Å²) in [5.41, 5.74) is 5.10. The lowest BCUT2D eigenvalue weighted by atomic mass is 10.1. The second-order valence-electron chi connectivity index (χ2n) is 7.13. The molecule has 1 saturated heterocycles. The van der Waals surface area contributed by atoms with E-state index in [0.29, 0.717) is 5.71 Å². The normalized spacial score (nSPS) is 23.2. The highest BCUT2D eigenvalue weighted by molar-refractivity contribution is 5.95. The minimum atomic E-state index is -1.38. The first-order valence-electron chi connectivity index (χ1n) is 9.10. The topological polar surface area (TPSA) is 143 Å². The van der Waals surface area contributed by atoms with Crippen LogP contribution in [0.2, 0.25) is 0 Å². The van der Waals surface area contributed by atoms with Gasteiger partial charge in [0.15, 0.2) is 11.6 Å². The summed E-state index contributed by atoms with van der Waals surface area (Å²) in [5.74, 6) is -2.96. The van der Waals surface area contributed by atoms with Gasteiger partial charge in [-0.1, -0.05) is 5.16 Å². The van der Waals surface area contributed by atoms with Gasteiger partial charge in [0.25, 0.3) is 0 Å². The molecule has 4 N–H and O–H groups in total. The Hall–Kier alpha value is -3.05. The predicted octanol–water partition coefficient (Wildman–Crippen LogP) is 0.284. The van der Waals surface area contributed by atoms with Crippen LogP contribution in [-0.2, 0) is 4.84 Å². The molecule has 0 spiro atoms. The smallest absolute Gasteiger partial charge is 0.341 e. The van der Waals surface area contributed by atoms with E-state index in [1.165, 1.54) is 18.2 Å². The molecule has 2 aromatic heterocycles. The number of hydrogen-bond donors (Lipinski definition) is 3. The van der Waals surface area contributed by atoms with Crippen LogP contribution in [-0.4, -0.2) is 57.9 Å². The highest BCUT2D eigenvalue weighted by Crippen LogP contribution is 2.37. The Morgan fingerprint density at radius 2 is 2.21 bits per heavy atom. The number of aromatic nitrogens is 2. The lowest BCUT2D eigenvalue weighted by molar-refractivity contribution is 0.0695. The van der Waals surface area contributed by atoms with Gasteiger partial charge >= 0.3 is 5.97 Å². The summed E-state index contributed by atoms with van der Waals surface area (Å²) in [6, 6.07) is 0.967. The number of nitrogens with two attached hydrogens (primary N) is 1. The number of nitrogens with zero attached hydrogens (tertiary/aromatic N) is 4. The molecule has 29 heavy (non-hydrogen) atoms. The number of fused-ring (bicyclic) bond motifs is 1. The third kappa shape index (κ3) is 3.12. The molecule has 0 bridgehead atoms. The fourth-order valence-electron chi connectivity index (χ4n) is 3.67. The van der Waals surface area contributed by atoms with Crippen LogP contribution in [0.15, 0.2) is 22.2 Å². The van der Waals surface area contributed by atoms with E-state index in [4.69, 9.17) is 10.6 Å². The van der Waals surface area contributed by atoms with Gasteiger partial charge in [0.1, 0.15) is 24.5 Å². The largest absolute Gasteiger partial charge is 0.477 e. The summed E-state index contributed by atoms with van der Waals surface area (Å²) in [6.45, 7) is 0.122. The van der Waals surface area contributed by atoms with Crippen LogP contribution in [0.1, 0.15) is 29.2 Å². The summed E-state index contributed by atoms with van der Waals surface area (Å²) in [7, 11) is 1.36. The van der Waals surface area contributed by atoms with Crippen LogP contribution in [0.4, 0.5) is 10.2 Å². The Labute approximate surface area is 164 Å². The number of halogens is 1. The Bertz CT molecular complexity index is 1080. The van der Waals surface area contributed by atoms with Gasteiger partial charge in [-0.3, -0.25) is 4.79 Å². The van der Waals surface area contributed by atoms with E-state index < -0.39 is 34.9 Å². The standard InChI is InChI=1S/C18H20FN5O5/c1-29-22-13-7-24(17(26)10(13)5-20)16-12(19)4-9-14(25)11(18(27)28)6-23(8-2-3-8)15(9)21-16/h4,6,8,10,17,26H,2-3,5,7,20H2,1H3,(H,27,28)/b22-13+. The van der Waals surface area contributed by atoms with Crippen LogP contribution >= 0.6 is 0 Å². The first-order valence-corrected chi connectivity index (χ1v) is 9.10. The number of aliphatic hydroxyl groups excluding tert-OH is 1. The molecule has 2 atom stereocenters. The minimum absolute atomic E-state index is 0.00656. The Kier molecular flexibility index (Phi) is 4.71. The Balaban J connectivity index is 1.89. The maximum atomic E-state index is 14.9. The number of aliphatic hydroxyl groups is 1. The van der Waals surface area contributed by atoms with Gasteiger partial charge in [0, 0.05) is 18.8 Å². The molecule has 0 aromatic carbocycles. The molecular formula is C18H20FN5O5. The monoisotopic (exact) mass is 405 g/mol. The molecule has 1 aliphatic carbocycles. The molecule has 0 amide bonds. The fourth-order valence-corrected chi connectivity index (χ4v) is 3.67. The van der Waals surface area contributed by atoms with Crippen molar-refractivity contribution in [3.63, 3.8) is 0 Å².